The molecule has 6 heteroatoms. The highest BCUT2D eigenvalue weighted by molar-refractivity contribution is 8.19. The zero-order valence-electron chi connectivity index (χ0n) is 15.8. The number of anilines is 1. The van der Waals surface area contributed by atoms with Crippen molar-refractivity contribution >= 4 is 41.1 Å². The number of carbonyl (C=O) groups excluding carboxylic acids is 2. The lowest BCUT2D eigenvalue weighted by molar-refractivity contribution is -0.123. The number of benzene rings is 2. The summed E-state index contributed by atoms with van der Waals surface area (Å²) in [5.41, 5.74) is 5.08. The molecule has 4 nitrogen and oxygen atoms in total. The number of hydrogen-bond acceptors (Lipinski definition) is 5. The SMILES string of the molecule is C[C@@H](OC(=O)c1ccc(C2SCCS2)cc1)C(=O)Nc1ccc2c(c1)CCC2. The normalized spacial score (nSPS) is 17.2. The van der Waals surface area contributed by atoms with Crippen LogP contribution in [0.4, 0.5) is 5.69 Å². The van der Waals surface area contributed by atoms with Gasteiger partial charge in [-0.3, -0.25) is 4.79 Å². The van der Waals surface area contributed by atoms with Crippen molar-refractivity contribution in [2.75, 3.05) is 16.8 Å². The first-order chi connectivity index (χ1) is 13.6. The predicted octanol–water partition coefficient (Wildman–Crippen LogP) is 4.84. The Morgan fingerprint density at radius 3 is 2.50 bits per heavy atom. The maximum absolute atomic E-state index is 12.4. The van der Waals surface area contributed by atoms with Crippen LogP contribution in [0.1, 0.15) is 45.0 Å². The Labute approximate surface area is 173 Å². The number of aryl methyl sites for hydroxylation is 2. The van der Waals surface area contributed by atoms with Crippen LogP contribution in [0.2, 0.25) is 0 Å². The molecule has 2 aromatic carbocycles. The summed E-state index contributed by atoms with van der Waals surface area (Å²) in [5, 5.41) is 2.85. The number of fused-ring (bicyclic) bond motifs is 1. The van der Waals surface area contributed by atoms with Crippen LogP contribution in [0.3, 0.4) is 0 Å². The number of hydrogen-bond donors (Lipinski definition) is 1. The third-order valence-corrected chi connectivity index (χ3v) is 8.16. The van der Waals surface area contributed by atoms with E-state index in [4.69, 9.17) is 4.74 Å². The zero-order valence-corrected chi connectivity index (χ0v) is 17.4. The van der Waals surface area contributed by atoms with Crippen molar-refractivity contribution in [1.29, 1.82) is 0 Å². The molecule has 1 heterocycles. The van der Waals surface area contributed by atoms with E-state index in [1.165, 1.54) is 16.7 Å². The van der Waals surface area contributed by atoms with Crippen LogP contribution in [0.5, 0.6) is 0 Å². The van der Waals surface area contributed by atoms with Crippen molar-refractivity contribution in [3.05, 3.63) is 64.7 Å². The number of rotatable bonds is 5. The third-order valence-electron chi connectivity index (χ3n) is 5.06. The van der Waals surface area contributed by atoms with Crippen LogP contribution in [0.25, 0.3) is 0 Å². The Morgan fingerprint density at radius 1 is 1.04 bits per heavy atom. The molecule has 1 aliphatic carbocycles. The van der Waals surface area contributed by atoms with Crippen molar-refractivity contribution in [1.82, 2.24) is 0 Å². The van der Waals surface area contributed by atoms with Gasteiger partial charge in [0, 0.05) is 17.2 Å². The van der Waals surface area contributed by atoms with Gasteiger partial charge >= 0.3 is 5.97 Å². The molecule has 4 rings (SSSR count). The van der Waals surface area contributed by atoms with Gasteiger partial charge in [-0.05, 0) is 67.1 Å². The number of esters is 1. The monoisotopic (exact) mass is 413 g/mol. The molecule has 1 atom stereocenters. The quantitative estimate of drug-likeness (QED) is 0.711. The van der Waals surface area contributed by atoms with Gasteiger partial charge in [0.2, 0.25) is 0 Å². The van der Waals surface area contributed by atoms with E-state index in [1.54, 1.807) is 19.1 Å². The van der Waals surface area contributed by atoms with Crippen LogP contribution in [-0.2, 0) is 22.4 Å². The summed E-state index contributed by atoms with van der Waals surface area (Å²) in [7, 11) is 0. The van der Waals surface area contributed by atoms with Gasteiger partial charge in [-0.2, -0.15) is 0 Å². The summed E-state index contributed by atoms with van der Waals surface area (Å²) in [5.74, 6) is 1.53. The standard InChI is InChI=1S/C22H23NO3S2/c1-14(20(24)23-19-10-9-15-3-2-4-18(15)13-19)26-21(25)16-5-7-17(8-6-16)22-27-11-12-28-22/h5-10,13-14,22H,2-4,11-12H2,1H3,(H,23,24)/t14-/m1/s1. The van der Waals surface area contributed by atoms with Crippen LogP contribution in [-0.4, -0.2) is 29.5 Å². The molecular weight excluding hydrogens is 390 g/mol. The molecule has 1 amide bonds. The Morgan fingerprint density at radius 2 is 1.75 bits per heavy atom. The van der Waals surface area contributed by atoms with Gasteiger partial charge in [-0.1, -0.05) is 18.2 Å². The molecule has 0 radical (unpaired) electrons. The maximum atomic E-state index is 12.4. The maximum Gasteiger partial charge on any atom is 0.338 e. The molecule has 2 aromatic rings. The van der Waals surface area contributed by atoms with Crippen molar-refractivity contribution in [2.24, 2.45) is 0 Å². The van der Waals surface area contributed by atoms with E-state index in [9.17, 15) is 9.59 Å². The molecule has 28 heavy (non-hydrogen) atoms. The van der Waals surface area contributed by atoms with Gasteiger partial charge in [0.05, 0.1) is 10.1 Å². The molecule has 0 bridgehead atoms. The van der Waals surface area contributed by atoms with Gasteiger partial charge in [0.15, 0.2) is 6.10 Å². The molecule has 1 fully saturated rings. The van der Waals surface area contributed by atoms with E-state index >= 15 is 0 Å². The van der Waals surface area contributed by atoms with E-state index < -0.39 is 12.1 Å². The van der Waals surface area contributed by atoms with Gasteiger partial charge in [-0.15, -0.1) is 23.5 Å². The second-order valence-electron chi connectivity index (χ2n) is 7.07. The first kappa shape index (κ1) is 19.4. The summed E-state index contributed by atoms with van der Waals surface area (Å²) >= 11 is 3.85. The molecule has 0 saturated carbocycles. The number of nitrogens with one attached hydrogen (secondary N) is 1. The van der Waals surface area contributed by atoms with Gasteiger partial charge < -0.3 is 10.1 Å². The van der Waals surface area contributed by atoms with Crippen molar-refractivity contribution in [3.8, 4) is 0 Å². The van der Waals surface area contributed by atoms with E-state index in [-0.39, 0.29) is 5.91 Å². The second-order valence-corrected chi connectivity index (χ2v) is 9.79. The fourth-order valence-corrected chi connectivity index (χ4v) is 6.36. The topological polar surface area (TPSA) is 55.4 Å². The summed E-state index contributed by atoms with van der Waals surface area (Å²) < 4.78 is 5.81. The smallest absolute Gasteiger partial charge is 0.338 e. The van der Waals surface area contributed by atoms with E-state index in [2.05, 4.69) is 11.4 Å². The van der Waals surface area contributed by atoms with E-state index in [1.807, 2.05) is 47.8 Å². The summed E-state index contributed by atoms with van der Waals surface area (Å²) in [6.07, 6.45) is 2.46. The Balaban J connectivity index is 1.33. The zero-order chi connectivity index (χ0) is 19.5. The average Bonchev–Trinajstić information content (AvgIpc) is 3.39. The van der Waals surface area contributed by atoms with E-state index in [0.717, 1.165) is 36.5 Å². The predicted molar refractivity (Wildman–Crippen MR) is 116 cm³/mol. The molecular formula is C22H23NO3S2. The molecule has 0 unspecified atom stereocenters. The minimum atomic E-state index is -0.860. The molecule has 0 spiro atoms. The highest BCUT2D eigenvalue weighted by atomic mass is 32.2. The van der Waals surface area contributed by atoms with Crippen molar-refractivity contribution in [2.45, 2.75) is 36.9 Å². The highest BCUT2D eigenvalue weighted by Crippen LogP contribution is 2.45. The lowest BCUT2D eigenvalue weighted by Crippen LogP contribution is -2.30. The second kappa shape index (κ2) is 8.62. The molecule has 1 aliphatic heterocycles. The largest absolute Gasteiger partial charge is 0.449 e. The van der Waals surface area contributed by atoms with Crippen LogP contribution < -0.4 is 5.32 Å². The Hall–Kier alpha value is -1.92. The average molecular weight is 414 g/mol. The number of ether oxygens (including phenoxy) is 1. The summed E-state index contributed by atoms with van der Waals surface area (Å²) in [6.45, 7) is 1.60. The van der Waals surface area contributed by atoms with E-state index in [0.29, 0.717) is 10.1 Å². The number of amides is 1. The van der Waals surface area contributed by atoms with Gasteiger partial charge in [-0.25, -0.2) is 4.79 Å². The van der Waals surface area contributed by atoms with Gasteiger partial charge in [0.1, 0.15) is 0 Å². The molecule has 1 saturated heterocycles. The lowest BCUT2D eigenvalue weighted by atomic mass is 10.1. The molecule has 2 aliphatic rings. The first-order valence-corrected chi connectivity index (χ1v) is 11.7. The van der Waals surface area contributed by atoms with Crippen molar-refractivity contribution < 1.29 is 14.3 Å². The van der Waals surface area contributed by atoms with Crippen LogP contribution in [0, 0.1) is 0 Å². The molecule has 1 N–H and O–H groups in total. The third kappa shape index (κ3) is 4.39. The first-order valence-electron chi connectivity index (χ1n) is 9.57. The minimum Gasteiger partial charge on any atom is -0.449 e. The molecule has 146 valence electrons. The van der Waals surface area contributed by atoms with Crippen LogP contribution >= 0.6 is 23.5 Å². The summed E-state index contributed by atoms with van der Waals surface area (Å²) in [4.78, 5) is 24.8. The fourth-order valence-electron chi connectivity index (χ4n) is 3.50. The fraction of sp³-hybridized carbons (Fsp3) is 0.364. The minimum absolute atomic E-state index is 0.318. The summed E-state index contributed by atoms with van der Waals surface area (Å²) in [6, 6.07) is 13.5. The Kier molecular flexibility index (Phi) is 5.97. The number of thioether (sulfide) groups is 2. The highest BCUT2D eigenvalue weighted by Gasteiger charge is 2.21. The van der Waals surface area contributed by atoms with Gasteiger partial charge in [0.25, 0.3) is 5.91 Å². The van der Waals surface area contributed by atoms with Crippen molar-refractivity contribution in [3.63, 3.8) is 0 Å². The van der Waals surface area contributed by atoms with Crippen LogP contribution in [0.15, 0.2) is 42.5 Å². The number of carbonyl (C=O) groups is 2. The lowest BCUT2D eigenvalue weighted by Gasteiger charge is -2.15. The Bertz CT molecular complexity index is 876. The molecule has 0 aromatic heterocycles.